The minimum atomic E-state index is 0.457. The van der Waals surface area contributed by atoms with E-state index < -0.39 is 0 Å². The van der Waals surface area contributed by atoms with Crippen molar-refractivity contribution in [3.8, 4) is 5.75 Å². The average Bonchev–Trinajstić information content (AvgIpc) is 3.15. The Labute approximate surface area is 153 Å². The Kier molecular flexibility index (Phi) is 4.45. The van der Waals surface area contributed by atoms with Crippen LogP contribution in [0.15, 0.2) is 60.4 Å². The molecule has 4 rings (SSSR count). The lowest BCUT2D eigenvalue weighted by molar-refractivity contribution is 0.307. The Morgan fingerprint density at radius 1 is 1.08 bits per heavy atom. The lowest BCUT2D eigenvalue weighted by atomic mass is 10.1. The summed E-state index contributed by atoms with van der Waals surface area (Å²) >= 11 is 7.24. The summed E-state index contributed by atoms with van der Waals surface area (Å²) in [6.45, 7) is 0.509. The number of fused-ring (bicyclic) bond motifs is 1. The van der Waals surface area contributed by atoms with E-state index in [-0.39, 0.29) is 0 Å². The first kappa shape index (κ1) is 15.8. The standard InChI is InChI=1S/C18H13ClN4OS/c19-17-4-1-14(9-21-17)23-18-16-3-2-15(7-13(16)5-6-20-18)24-10-12-8-22-25-11-12/h1-9,11H,10H2,(H,20,23). The predicted octanol–water partition coefficient (Wildman–Crippen LogP) is 5.06. The maximum atomic E-state index is 5.83. The van der Waals surface area contributed by atoms with Crippen LogP contribution in [0.1, 0.15) is 5.56 Å². The molecule has 124 valence electrons. The molecule has 0 aliphatic heterocycles. The van der Waals surface area contributed by atoms with Crippen LogP contribution >= 0.6 is 23.1 Å². The first-order chi connectivity index (χ1) is 12.3. The third kappa shape index (κ3) is 3.70. The van der Waals surface area contributed by atoms with Crippen molar-refractivity contribution in [2.75, 3.05) is 5.32 Å². The highest BCUT2D eigenvalue weighted by atomic mass is 35.5. The molecule has 0 fully saturated rings. The van der Waals surface area contributed by atoms with Crippen LogP contribution in [0.25, 0.3) is 10.8 Å². The van der Waals surface area contributed by atoms with Crippen LogP contribution in [0.4, 0.5) is 11.5 Å². The number of hydrogen-bond acceptors (Lipinski definition) is 6. The maximum absolute atomic E-state index is 5.83. The summed E-state index contributed by atoms with van der Waals surface area (Å²) in [7, 11) is 0. The number of rotatable bonds is 5. The fourth-order valence-electron chi connectivity index (χ4n) is 2.40. The molecule has 0 saturated heterocycles. The number of halogens is 1. The van der Waals surface area contributed by atoms with Gasteiger partial charge in [0.05, 0.1) is 11.9 Å². The summed E-state index contributed by atoms with van der Waals surface area (Å²) < 4.78 is 9.90. The van der Waals surface area contributed by atoms with Gasteiger partial charge in [-0.15, -0.1) is 0 Å². The zero-order valence-electron chi connectivity index (χ0n) is 13.0. The van der Waals surface area contributed by atoms with E-state index in [1.165, 1.54) is 11.5 Å². The van der Waals surface area contributed by atoms with E-state index in [1.54, 1.807) is 18.5 Å². The van der Waals surface area contributed by atoms with Crippen molar-refractivity contribution >= 4 is 45.4 Å². The molecule has 3 aromatic heterocycles. The number of ether oxygens (including phenoxy) is 1. The number of pyridine rings is 2. The van der Waals surface area contributed by atoms with Gasteiger partial charge in [0.25, 0.3) is 0 Å². The van der Waals surface area contributed by atoms with Crippen molar-refractivity contribution in [1.29, 1.82) is 0 Å². The molecule has 1 N–H and O–H groups in total. The molecule has 0 radical (unpaired) electrons. The van der Waals surface area contributed by atoms with Crippen molar-refractivity contribution in [3.63, 3.8) is 0 Å². The van der Waals surface area contributed by atoms with Gasteiger partial charge >= 0.3 is 0 Å². The SMILES string of the molecule is Clc1ccc(Nc2nccc3cc(OCc4cnsc4)ccc23)cn1. The van der Waals surface area contributed by atoms with Crippen LogP contribution in [0.2, 0.25) is 5.15 Å². The zero-order chi connectivity index (χ0) is 17.1. The molecule has 0 atom stereocenters. The summed E-state index contributed by atoms with van der Waals surface area (Å²) in [4.78, 5) is 8.49. The minimum absolute atomic E-state index is 0.457. The maximum Gasteiger partial charge on any atom is 0.138 e. The Bertz CT molecular complexity index is 990. The highest BCUT2D eigenvalue weighted by molar-refractivity contribution is 7.03. The lowest BCUT2D eigenvalue weighted by Gasteiger charge is -2.10. The van der Waals surface area contributed by atoms with E-state index in [2.05, 4.69) is 19.7 Å². The number of aromatic nitrogens is 3. The van der Waals surface area contributed by atoms with Gasteiger partial charge in [-0.25, -0.2) is 14.3 Å². The second-order valence-electron chi connectivity index (χ2n) is 5.36. The molecule has 0 unspecified atom stereocenters. The van der Waals surface area contributed by atoms with E-state index in [0.717, 1.165) is 33.6 Å². The third-order valence-corrected chi connectivity index (χ3v) is 4.47. The quantitative estimate of drug-likeness (QED) is 0.499. The highest BCUT2D eigenvalue weighted by Crippen LogP contribution is 2.28. The first-order valence-electron chi connectivity index (χ1n) is 7.56. The summed E-state index contributed by atoms with van der Waals surface area (Å²) in [6, 6.07) is 11.5. The van der Waals surface area contributed by atoms with Crippen LogP contribution in [0.3, 0.4) is 0 Å². The van der Waals surface area contributed by atoms with E-state index in [4.69, 9.17) is 16.3 Å². The molecule has 25 heavy (non-hydrogen) atoms. The Morgan fingerprint density at radius 3 is 2.84 bits per heavy atom. The molecule has 5 nitrogen and oxygen atoms in total. The molecule has 0 aliphatic rings. The van der Waals surface area contributed by atoms with Crippen LogP contribution in [0.5, 0.6) is 5.75 Å². The molecule has 0 saturated carbocycles. The fraction of sp³-hybridized carbons (Fsp3) is 0.0556. The van der Waals surface area contributed by atoms with Gasteiger partial charge in [-0.1, -0.05) is 11.6 Å². The van der Waals surface area contributed by atoms with E-state index >= 15 is 0 Å². The topological polar surface area (TPSA) is 59.9 Å². The molecule has 3 heterocycles. The van der Waals surface area contributed by atoms with Crippen LogP contribution in [-0.2, 0) is 6.61 Å². The minimum Gasteiger partial charge on any atom is -0.489 e. The molecule has 0 aliphatic carbocycles. The van der Waals surface area contributed by atoms with E-state index in [1.807, 2.05) is 41.9 Å². The van der Waals surface area contributed by atoms with Gasteiger partial charge in [0.2, 0.25) is 0 Å². The number of benzene rings is 1. The smallest absolute Gasteiger partial charge is 0.138 e. The number of hydrogen-bond donors (Lipinski definition) is 1. The zero-order valence-corrected chi connectivity index (χ0v) is 14.6. The van der Waals surface area contributed by atoms with Gasteiger partial charge < -0.3 is 10.1 Å². The fourth-order valence-corrected chi connectivity index (χ4v) is 3.03. The molecule has 7 heteroatoms. The third-order valence-electron chi connectivity index (χ3n) is 3.61. The molecular formula is C18H13ClN4OS. The summed E-state index contributed by atoms with van der Waals surface area (Å²) in [5, 5.41) is 7.75. The van der Waals surface area contributed by atoms with Crippen molar-refractivity contribution < 1.29 is 4.74 Å². The molecule has 0 amide bonds. The normalized spacial score (nSPS) is 10.8. The van der Waals surface area contributed by atoms with E-state index in [9.17, 15) is 0 Å². The number of nitrogens with zero attached hydrogens (tertiary/aromatic N) is 3. The van der Waals surface area contributed by atoms with Gasteiger partial charge in [0.15, 0.2) is 0 Å². The molecule has 4 aromatic rings. The predicted molar refractivity (Wildman–Crippen MR) is 101 cm³/mol. The summed E-state index contributed by atoms with van der Waals surface area (Å²) in [6.07, 6.45) is 5.26. The average molecular weight is 369 g/mol. The van der Waals surface area contributed by atoms with Crippen molar-refractivity contribution in [1.82, 2.24) is 14.3 Å². The van der Waals surface area contributed by atoms with Crippen LogP contribution in [0, 0.1) is 0 Å². The van der Waals surface area contributed by atoms with Crippen molar-refractivity contribution in [2.24, 2.45) is 0 Å². The van der Waals surface area contributed by atoms with Gasteiger partial charge in [0, 0.05) is 28.7 Å². The van der Waals surface area contributed by atoms with Gasteiger partial charge in [-0.05, 0) is 53.3 Å². The number of nitrogens with one attached hydrogen (secondary N) is 1. The van der Waals surface area contributed by atoms with Gasteiger partial charge in [-0.3, -0.25) is 0 Å². The summed E-state index contributed by atoms with van der Waals surface area (Å²) in [5.41, 5.74) is 1.90. The first-order valence-corrected chi connectivity index (χ1v) is 8.78. The molecular weight excluding hydrogens is 356 g/mol. The Morgan fingerprint density at radius 2 is 2.04 bits per heavy atom. The van der Waals surface area contributed by atoms with Crippen molar-refractivity contribution in [3.05, 3.63) is 71.1 Å². The largest absolute Gasteiger partial charge is 0.489 e. The Hall–Kier alpha value is -2.70. The van der Waals surface area contributed by atoms with Gasteiger partial charge in [0.1, 0.15) is 23.3 Å². The number of anilines is 2. The monoisotopic (exact) mass is 368 g/mol. The van der Waals surface area contributed by atoms with Crippen LogP contribution in [-0.4, -0.2) is 14.3 Å². The lowest BCUT2D eigenvalue weighted by Crippen LogP contribution is -1.96. The molecule has 1 aromatic carbocycles. The molecule has 0 spiro atoms. The van der Waals surface area contributed by atoms with Crippen molar-refractivity contribution in [2.45, 2.75) is 6.61 Å². The van der Waals surface area contributed by atoms with Gasteiger partial charge in [-0.2, -0.15) is 0 Å². The molecule has 0 bridgehead atoms. The van der Waals surface area contributed by atoms with E-state index in [0.29, 0.717) is 11.8 Å². The second kappa shape index (κ2) is 7.04. The Balaban J connectivity index is 1.57. The summed E-state index contributed by atoms with van der Waals surface area (Å²) in [5.74, 6) is 1.57. The second-order valence-corrected chi connectivity index (χ2v) is 6.40. The van der Waals surface area contributed by atoms with Crippen LogP contribution < -0.4 is 10.1 Å². The highest BCUT2D eigenvalue weighted by Gasteiger charge is 2.05.